The van der Waals surface area contributed by atoms with Crippen LogP contribution in [0.1, 0.15) is 24.4 Å². The van der Waals surface area contributed by atoms with E-state index in [9.17, 15) is 19.5 Å². The Morgan fingerprint density at radius 3 is 2.59 bits per heavy atom. The Labute approximate surface area is 166 Å². The van der Waals surface area contributed by atoms with Crippen molar-refractivity contribution in [1.29, 1.82) is 0 Å². The van der Waals surface area contributed by atoms with Gasteiger partial charge in [0.25, 0.3) is 5.56 Å². The Balaban J connectivity index is 1.79. The molecular formula is C21H20N4O4. The largest absolute Gasteiger partial charge is 0.480 e. The number of rotatable bonds is 5. The van der Waals surface area contributed by atoms with Crippen LogP contribution in [0.2, 0.25) is 0 Å². The van der Waals surface area contributed by atoms with E-state index < -0.39 is 29.5 Å². The van der Waals surface area contributed by atoms with Gasteiger partial charge in [0.2, 0.25) is 5.91 Å². The van der Waals surface area contributed by atoms with E-state index in [4.69, 9.17) is 0 Å². The molecule has 8 nitrogen and oxygen atoms in total. The molecule has 1 fully saturated rings. The molecule has 2 heterocycles. The molecule has 0 bridgehead atoms. The molecule has 29 heavy (non-hydrogen) atoms. The van der Waals surface area contributed by atoms with Crippen LogP contribution in [0.15, 0.2) is 59.4 Å². The maximum absolute atomic E-state index is 13.4. The first kappa shape index (κ1) is 18.8. The topological polar surface area (TPSA) is 105 Å². The Bertz CT molecular complexity index is 1110. The molecule has 1 amide bonds. The lowest BCUT2D eigenvalue weighted by Gasteiger charge is -2.27. The Morgan fingerprint density at radius 2 is 1.83 bits per heavy atom. The molecule has 1 saturated heterocycles. The van der Waals surface area contributed by atoms with Crippen molar-refractivity contribution in [1.82, 2.24) is 19.9 Å². The van der Waals surface area contributed by atoms with Gasteiger partial charge in [-0.05, 0) is 30.5 Å². The monoisotopic (exact) mass is 392 g/mol. The fourth-order valence-corrected chi connectivity index (χ4v) is 3.80. The van der Waals surface area contributed by atoms with E-state index in [1.807, 2.05) is 30.3 Å². The van der Waals surface area contributed by atoms with Crippen LogP contribution < -0.4 is 5.56 Å². The van der Waals surface area contributed by atoms with Crippen LogP contribution in [0.25, 0.3) is 10.9 Å². The number of carboxylic acid groups (broad SMARTS) is 1. The molecule has 0 saturated carbocycles. The highest BCUT2D eigenvalue weighted by Gasteiger charge is 2.38. The van der Waals surface area contributed by atoms with Crippen molar-refractivity contribution in [3.8, 4) is 0 Å². The summed E-state index contributed by atoms with van der Waals surface area (Å²) >= 11 is 0. The molecular weight excluding hydrogens is 372 g/mol. The zero-order valence-corrected chi connectivity index (χ0v) is 15.6. The summed E-state index contributed by atoms with van der Waals surface area (Å²) in [5, 5.41) is 18.0. The number of amides is 1. The lowest BCUT2D eigenvalue weighted by molar-refractivity contribution is -0.149. The first-order valence-electron chi connectivity index (χ1n) is 9.47. The summed E-state index contributed by atoms with van der Waals surface area (Å²) in [6.45, 7) is 0.344. The lowest BCUT2D eigenvalue weighted by atomic mass is 10.0. The Hall–Kier alpha value is -3.55. The highest BCUT2D eigenvalue weighted by Crippen LogP contribution is 2.24. The zero-order valence-electron chi connectivity index (χ0n) is 15.6. The van der Waals surface area contributed by atoms with Crippen molar-refractivity contribution < 1.29 is 14.7 Å². The van der Waals surface area contributed by atoms with Crippen LogP contribution in [-0.2, 0) is 16.0 Å². The number of carbonyl (C=O) groups is 2. The number of aromatic nitrogens is 3. The summed E-state index contributed by atoms with van der Waals surface area (Å²) < 4.78 is 1.09. The molecule has 3 aromatic rings. The highest BCUT2D eigenvalue weighted by atomic mass is 16.4. The van der Waals surface area contributed by atoms with Gasteiger partial charge in [0.05, 0.1) is 5.39 Å². The van der Waals surface area contributed by atoms with E-state index in [0.717, 1.165) is 10.2 Å². The van der Waals surface area contributed by atoms with E-state index in [1.165, 1.54) is 4.90 Å². The molecule has 1 aliphatic rings. The number of hydrogen-bond donors (Lipinski definition) is 1. The van der Waals surface area contributed by atoms with Crippen molar-refractivity contribution in [3.63, 3.8) is 0 Å². The normalized spacial score (nSPS) is 17.4. The van der Waals surface area contributed by atoms with Crippen molar-refractivity contribution >= 4 is 22.8 Å². The number of nitrogens with zero attached hydrogens (tertiary/aromatic N) is 4. The van der Waals surface area contributed by atoms with Gasteiger partial charge in [0.1, 0.15) is 17.6 Å². The van der Waals surface area contributed by atoms with E-state index in [2.05, 4.69) is 10.3 Å². The molecule has 1 N–H and O–H groups in total. The summed E-state index contributed by atoms with van der Waals surface area (Å²) in [6, 6.07) is 14.2. The van der Waals surface area contributed by atoms with E-state index in [0.29, 0.717) is 30.3 Å². The van der Waals surface area contributed by atoms with Crippen LogP contribution in [0.3, 0.4) is 0 Å². The minimum Gasteiger partial charge on any atom is -0.480 e. The van der Waals surface area contributed by atoms with Crippen LogP contribution in [-0.4, -0.2) is 49.5 Å². The highest BCUT2D eigenvalue weighted by molar-refractivity contribution is 5.87. The lowest BCUT2D eigenvalue weighted by Crippen LogP contribution is -2.47. The number of carboxylic acids is 1. The number of benzene rings is 2. The number of hydrogen-bond acceptors (Lipinski definition) is 5. The van der Waals surface area contributed by atoms with Crippen molar-refractivity contribution in [3.05, 3.63) is 70.5 Å². The van der Waals surface area contributed by atoms with Gasteiger partial charge in [-0.15, -0.1) is 5.10 Å². The summed E-state index contributed by atoms with van der Waals surface area (Å²) in [4.78, 5) is 39.4. The van der Waals surface area contributed by atoms with E-state index >= 15 is 0 Å². The standard InChI is InChI=1S/C21H20N4O4/c26-19-15-9-4-5-10-16(15)22-23-25(19)18(13-14-7-2-1-3-8-14)20(27)24-12-6-11-17(24)21(28)29/h1-5,7-10,17-18H,6,11-13H2,(H,28,29)/t17-,18-/m1/s1. The predicted octanol–water partition coefficient (Wildman–Crippen LogP) is 1.65. The minimum atomic E-state index is -1.04. The summed E-state index contributed by atoms with van der Waals surface area (Å²) in [5.74, 6) is -1.46. The van der Waals surface area contributed by atoms with Crippen molar-refractivity contribution in [2.75, 3.05) is 6.54 Å². The third-order valence-corrected chi connectivity index (χ3v) is 5.26. The molecule has 0 radical (unpaired) electrons. The smallest absolute Gasteiger partial charge is 0.326 e. The number of carbonyl (C=O) groups excluding carboxylic acids is 1. The fourth-order valence-electron chi connectivity index (χ4n) is 3.80. The van der Waals surface area contributed by atoms with Crippen molar-refractivity contribution in [2.24, 2.45) is 0 Å². The molecule has 0 aliphatic carbocycles. The molecule has 0 spiro atoms. The second kappa shape index (κ2) is 7.83. The third-order valence-electron chi connectivity index (χ3n) is 5.26. The Morgan fingerprint density at radius 1 is 1.10 bits per heavy atom. The van der Waals surface area contributed by atoms with Gasteiger partial charge in [-0.1, -0.05) is 47.7 Å². The van der Waals surface area contributed by atoms with Gasteiger partial charge < -0.3 is 10.0 Å². The molecule has 2 atom stereocenters. The van der Waals surface area contributed by atoms with Crippen LogP contribution in [0.4, 0.5) is 0 Å². The maximum atomic E-state index is 13.4. The number of aliphatic carboxylic acids is 1. The summed E-state index contributed by atoms with van der Waals surface area (Å²) in [5.41, 5.74) is 0.874. The molecule has 8 heteroatoms. The van der Waals surface area contributed by atoms with Gasteiger partial charge in [0.15, 0.2) is 0 Å². The second-order valence-electron chi connectivity index (χ2n) is 7.09. The predicted molar refractivity (Wildman–Crippen MR) is 105 cm³/mol. The van der Waals surface area contributed by atoms with Gasteiger partial charge >= 0.3 is 5.97 Å². The molecule has 2 aromatic carbocycles. The summed E-state index contributed by atoms with van der Waals surface area (Å²) in [7, 11) is 0. The maximum Gasteiger partial charge on any atom is 0.326 e. The first-order chi connectivity index (χ1) is 14.1. The SMILES string of the molecule is O=C(O)[C@H]1CCCN1C(=O)[C@@H](Cc1ccccc1)n1nnc2ccccc2c1=O. The average molecular weight is 392 g/mol. The first-order valence-corrected chi connectivity index (χ1v) is 9.47. The van der Waals surface area contributed by atoms with E-state index in [1.54, 1.807) is 24.3 Å². The molecule has 1 aliphatic heterocycles. The second-order valence-corrected chi connectivity index (χ2v) is 7.09. The Kier molecular flexibility index (Phi) is 5.07. The van der Waals surface area contributed by atoms with Gasteiger partial charge in [0, 0.05) is 13.0 Å². The van der Waals surface area contributed by atoms with Crippen LogP contribution in [0, 0.1) is 0 Å². The average Bonchev–Trinajstić information content (AvgIpc) is 3.23. The van der Waals surface area contributed by atoms with Crippen LogP contribution >= 0.6 is 0 Å². The van der Waals surface area contributed by atoms with Gasteiger partial charge in [-0.3, -0.25) is 9.59 Å². The molecule has 4 rings (SSSR count). The molecule has 0 unspecified atom stereocenters. The van der Waals surface area contributed by atoms with Gasteiger partial charge in [-0.2, -0.15) is 4.68 Å². The zero-order chi connectivity index (χ0) is 20.4. The third kappa shape index (κ3) is 3.61. The summed E-state index contributed by atoms with van der Waals surface area (Å²) in [6.07, 6.45) is 1.23. The van der Waals surface area contributed by atoms with Crippen LogP contribution in [0.5, 0.6) is 0 Å². The minimum absolute atomic E-state index is 0.218. The molecule has 1 aromatic heterocycles. The number of fused-ring (bicyclic) bond motifs is 1. The van der Waals surface area contributed by atoms with Crippen molar-refractivity contribution in [2.45, 2.75) is 31.3 Å². The quantitative estimate of drug-likeness (QED) is 0.708. The van der Waals surface area contributed by atoms with Gasteiger partial charge in [-0.25, -0.2) is 4.79 Å². The molecule has 148 valence electrons. The van der Waals surface area contributed by atoms with E-state index in [-0.39, 0.29) is 6.42 Å². The number of likely N-dealkylation sites (tertiary alicyclic amines) is 1. The fraction of sp³-hybridized carbons (Fsp3) is 0.286.